The summed E-state index contributed by atoms with van der Waals surface area (Å²) in [7, 11) is 0. The predicted molar refractivity (Wildman–Crippen MR) is 85.5 cm³/mol. The molecule has 1 aromatic carbocycles. The van der Waals surface area contributed by atoms with Gasteiger partial charge >= 0.3 is 5.97 Å². The first-order chi connectivity index (χ1) is 10.3. The summed E-state index contributed by atoms with van der Waals surface area (Å²) < 4.78 is 0. The third kappa shape index (κ3) is 3.31. The molecule has 1 heterocycles. The molecule has 22 heavy (non-hydrogen) atoms. The molecular formula is C15H14Cl2N2O3. The second-order valence-electron chi connectivity index (χ2n) is 5.19. The first kappa shape index (κ1) is 16.5. The van der Waals surface area contributed by atoms with Crippen LogP contribution in [0.1, 0.15) is 24.2 Å². The van der Waals surface area contributed by atoms with Crippen LogP contribution in [0.4, 0.5) is 0 Å². The highest BCUT2D eigenvalue weighted by Gasteiger charge is 2.24. The van der Waals surface area contributed by atoms with E-state index in [1.54, 1.807) is 32.0 Å². The summed E-state index contributed by atoms with van der Waals surface area (Å²) in [5.41, 5.74) is 0.297. The molecule has 116 valence electrons. The van der Waals surface area contributed by atoms with E-state index in [4.69, 9.17) is 28.3 Å². The van der Waals surface area contributed by atoms with Crippen LogP contribution in [-0.2, 0) is 4.79 Å². The molecule has 0 saturated heterocycles. The number of carbonyl (C=O) groups excluding carboxylic acids is 1. The Kier molecular flexibility index (Phi) is 4.88. The fourth-order valence-electron chi connectivity index (χ4n) is 2.05. The Morgan fingerprint density at radius 3 is 2.50 bits per heavy atom. The zero-order valence-electron chi connectivity index (χ0n) is 11.9. The van der Waals surface area contributed by atoms with Crippen molar-refractivity contribution in [2.24, 2.45) is 5.92 Å². The lowest BCUT2D eigenvalue weighted by molar-refractivity contribution is -0.140. The SMILES string of the molecule is CC(C)C(NC(=O)c1ccc2c(Cl)cnc(Cl)c2c1)C(=O)O. The molecule has 0 aliphatic heterocycles. The van der Waals surface area contributed by atoms with Crippen molar-refractivity contribution in [2.75, 3.05) is 0 Å². The minimum Gasteiger partial charge on any atom is -0.480 e. The Morgan fingerprint density at radius 1 is 1.23 bits per heavy atom. The van der Waals surface area contributed by atoms with E-state index in [0.717, 1.165) is 0 Å². The Labute approximate surface area is 137 Å². The van der Waals surface area contributed by atoms with E-state index in [0.29, 0.717) is 21.4 Å². The quantitative estimate of drug-likeness (QED) is 0.836. The van der Waals surface area contributed by atoms with Gasteiger partial charge < -0.3 is 10.4 Å². The summed E-state index contributed by atoms with van der Waals surface area (Å²) in [4.78, 5) is 27.3. The van der Waals surface area contributed by atoms with E-state index >= 15 is 0 Å². The molecule has 1 aromatic heterocycles. The number of carboxylic acid groups (broad SMARTS) is 1. The second kappa shape index (κ2) is 6.50. The highest BCUT2D eigenvalue weighted by molar-refractivity contribution is 6.39. The van der Waals surface area contributed by atoms with Crippen LogP contribution in [-0.4, -0.2) is 28.0 Å². The first-order valence-corrected chi connectivity index (χ1v) is 7.34. The van der Waals surface area contributed by atoms with Crippen molar-refractivity contribution < 1.29 is 14.7 Å². The fraction of sp³-hybridized carbons (Fsp3) is 0.267. The van der Waals surface area contributed by atoms with Crippen molar-refractivity contribution in [3.63, 3.8) is 0 Å². The van der Waals surface area contributed by atoms with E-state index in [1.165, 1.54) is 6.20 Å². The van der Waals surface area contributed by atoms with Gasteiger partial charge in [-0.2, -0.15) is 0 Å². The van der Waals surface area contributed by atoms with Crippen LogP contribution in [0.3, 0.4) is 0 Å². The highest BCUT2D eigenvalue weighted by Crippen LogP contribution is 2.28. The van der Waals surface area contributed by atoms with Crippen molar-refractivity contribution in [1.82, 2.24) is 10.3 Å². The zero-order chi connectivity index (χ0) is 16.4. The summed E-state index contributed by atoms with van der Waals surface area (Å²) in [6, 6.07) is 3.81. The van der Waals surface area contributed by atoms with Gasteiger partial charge in [0.05, 0.1) is 5.02 Å². The summed E-state index contributed by atoms with van der Waals surface area (Å²) in [6.45, 7) is 3.44. The Hall–Kier alpha value is -1.85. The third-order valence-corrected chi connectivity index (χ3v) is 3.87. The van der Waals surface area contributed by atoms with Crippen LogP contribution in [0.5, 0.6) is 0 Å². The van der Waals surface area contributed by atoms with E-state index in [-0.39, 0.29) is 11.1 Å². The molecule has 0 bridgehead atoms. The molecule has 0 radical (unpaired) electrons. The van der Waals surface area contributed by atoms with Crippen molar-refractivity contribution in [3.8, 4) is 0 Å². The molecule has 2 aromatic rings. The number of nitrogens with zero attached hydrogens (tertiary/aromatic N) is 1. The van der Waals surface area contributed by atoms with Gasteiger partial charge in [-0.1, -0.05) is 43.1 Å². The molecule has 5 nitrogen and oxygen atoms in total. The number of carboxylic acids is 1. The van der Waals surface area contributed by atoms with Gasteiger partial charge in [0.2, 0.25) is 0 Å². The lowest BCUT2D eigenvalue weighted by atomic mass is 10.0. The first-order valence-electron chi connectivity index (χ1n) is 6.58. The zero-order valence-corrected chi connectivity index (χ0v) is 13.4. The number of hydrogen-bond acceptors (Lipinski definition) is 3. The van der Waals surface area contributed by atoms with Gasteiger partial charge in [0, 0.05) is 22.5 Å². The highest BCUT2D eigenvalue weighted by atomic mass is 35.5. The number of halogens is 2. The normalized spacial score (nSPS) is 12.4. The average Bonchev–Trinajstić information content (AvgIpc) is 2.47. The van der Waals surface area contributed by atoms with Crippen LogP contribution in [0.2, 0.25) is 10.2 Å². The number of carbonyl (C=O) groups is 2. The predicted octanol–water partition coefficient (Wildman–Crippen LogP) is 3.38. The molecule has 0 aliphatic rings. The molecule has 1 unspecified atom stereocenters. The third-order valence-electron chi connectivity index (χ3n) is 3.27. The molecule has 7 heteroatoms. The van der Waals surface area contributed by atoms with Crippen LogP contribution in [0.25, 0.3) is 10.8 Å². The summed E-state index contributed by atoms with van der Waals surface area (Å²) in [5, 5.41) is 13.5. The lowest BCUT2D eigenvalue weighted by Crippen LogP contribution is -2.44. The largest absolute Gasteiger partial charge is 0.480 e. The summed E-state index contributed by atoms with van der Waals surface area (Å²) in [5.74, 6) is -1.80. The number of fused-ring (bicyclic) bond motifs is 1. The molecule has 2 rings (SSSR count). The van der Waals surface area contributed by atoms with Gasteiger partial charge in [-0.05, 0) is 18.1 Å². The number of pyridine rings is 1. The summed E-state index contributed by atoms with van der Waals surface area (Å²) in [6.07, 6.45) is 1.44. The molecule has 0 spiro atoms. The number of benzene rings is 1. The molecule has 0 fully saturated rings. The number of hydrogen-bond donors (Lipinski definition) is 2. The second-order valence-corrected chi connectivity index (χ2v) is 5.96. The minimum absolute atomic E-state index is 0.229. The maximum Gasteiger partial charge on any atom is 0.326 e. The molecule has 1 atom stereocenters. The van der Waals surface area contributed by atoms with E-state index in [2.05, 4.69) is 10.3 Å². The number of amides is 1. The Balaban J connectivity index is 2.37. The minimum atomic E-state index is -1.08. The molecule has 1 amide bonds. The van der Waals surface area contributed by atoms with Gasteiger partial charge in [0.15, 0.2) is 0 Å². The lowest BCUT2D eigenvalue weighted by Gasteiger charge is -2.18. The Morgan fingerprint density at radius 2 is 1.91 bits per heavy atom. The van der Waals surface area contributed by atoms with Crippen molar-refractivity contribution in [3.05, 3.63) is 40.1 Å². The van der Waals surface area contributed by atoms with E-state index in [1.807, 2.05) is 0 Å². The van der Waals surface area contributed by atoms with Crippen LogP contribution < -0.4 is 5.32 Å². The number of nitrogens with one attached hydrogen (secondary N) is 1. The van der Waals surface area contributed by atoms with E-state index in [9.17, 15) is 9.59 Å². The number of aromatic nitrogens is 1. The monoisotopic (exact) mass is 340 g/mol. The molecular weight excluding hydrogens is 327 g/mol. The maximum atomic E-state index is 12.2. The molecule has 2 N–H and O–H groups in total. The molecule has 0 aliphatic carbocycles. The van der Waals surface area contributed by atoms with Gasteiger partial charge in [-0.25, -0.2) is 9.78 Å². The summed E-state index contributed by atoms with van der Waals surface area (Å²) >= 11 is 12.0. The van der Waals surface area contributed by atoms with E-state index < -0.39 is 17.9 Å². The standard InChI is InChI=1S/C15H14Cl2N2O3/c1-7(2)12(15(21)22)19-14(20)8-3-4-9-10(5-8)13(17)18-6-11(9)16/h3-7,12H,1-2H3,(H,19,20)(H,21,22). The topological polar surface area (TPSA) is 79.3 Å². The van der Waals surface area contributed by atoms with Crippen molar-refractivity contribution in [2.45, 2.75) is 19.9 Å². The van der Waals surface area contributed by atoms with Gasteiger partial charge in [-0.15, -0.1) is 0 Å². The smallest absolute Gasteiger partial charge is 0.326 e. The molecule has 0 saturated carbocycles. The Bertz CT molecular complexity index is 747. The fourth-order valence-corrected chi connectivity index (χ4v) is 2.47. The van der Waals surface area contributed by atoms with Crippen LogP contribution in [0, 0.1) is 5.92 Å². The number of rotatable bonds is 4. The van der Waals surface area contributed by atoms with Crippen LogP contribution >= 0.6 is 23.2 Å². The average molecular weight is 341 g/mol. The van der Waals surface area contributed by atoms with Gasteiger partial charge in [0.25, 0.3) is 5.91 Å². The van der Waals surface area contributed by atoms with Crippen molar-refractivity contribution >= 4 is 45.9 Å². The van der Waals surface area contributed by atoms with Crippen molar-refractivity contribution in [1.29, 1.82) is 0 Å². The number of aliphatic carboxylic acids is 1. The van der Waals surface area contributed by atoms with Gasteiger partial charge in [-0.3, -0.25) is 4.79 Å². The maximum absolute atomic E-state index is 12.2. The van der Waals surface area contributed by atoms with Gasteiger partial charge in [0.1, 0.15) is 11.2 Å². The van der Waals surface area contributed by atoms with Crippen LogP contribution in [0.15, 0.2) is 24.4 Å².